The number of aromatic nitrogens is 1. The molecule has 0 radical (unpaired) electrons. The maximum atomic E-state index is 12.5. The minimum atomic E-state index is -4.85. The molecule has 1 atom stereocenters. The second-order valence-electron chi connectivity index (χ2n) is 4.41. The van der Waals surface area contributed by atoms with Crippen LogP contribution < -0.4 is 0 Å². The number of halogens is 3. The first kappa shape index (κ1) is 13.6. The van der Waals surface area contributed by atoms with Crippen molar-refractivity contribution in [2.45, 2.75) is 25.6 Å². The van der Waals surface area contributed by atoms with Crippen molar-refractivity contribution >= 4 is 12.0 Å². The average Bonchev–Trinajstić information content (AvgIpc) is 2.37. The summed E-state index contributed by atoms with van der Waals surface area (Å²) in [5.41, 5.74) is 1.98. The molecule has 1 unspecified atom stereocenters. The van der Waals surface area contributed by atoms with Gasteiger partial charge in [-0.1, -0.05) is 12.6 Å². The lowest BCUT2D eigenvalue weighted by Gasteiger charge is -2.34. The van der Waals surface area contributed by atoms with Gasteiger partial charge >= 0.3 is 12.1 Å². The number of alkyl halides is 3. The number of carbonyl (C=O) groups excluding carboxylic acids is 1. The van der Waals surface area contributed by atoms with E-state index in [2.05, 4.69) is 11.6 Å². The van der Waals surface area contributed by atoms with Crippen molar-refractivity contribution in [2.75, 3.05) is 6.54 Å². The monoisotopic (exact) mass is 270 g/mol. The summed E-state index contributed by atoms with van der Waals surface area (Å²) < 4.78 is 37.5. The molecule has 1 aliphatic heterocycles. The Labute approximate surface area is 108 Å². The first-order valence-electron chi connectivity index (χ1n) is 5.84. The zero-order valence-corrected chi connectivity index (χ0v) is 10.4. The maximum Gasteiger partial charge on any atom is 0.471 e. The van der Waals surface area contributed by atoms with Gasteiger partial charge in [0.25, 0.3) is 0 Å². The molecule has 1 aromatic rings. The maximum absolute atomic E-state index is 12.5. The Hall–Kier alpha value is -1.85. The highest BCUT2D eigenvalue weighted by Gasteiger charge is 2.45. The van der Waals surface area contributed by atoms with Crippen molar-refractivity contribution in [3.63, 3.8) is 0 Å². The van der Waals surface area contributed by atoms with Gasteiger partial charge < -0.3 is 4.90 Å². The van der Waals surface area contributed by atoms with Crippen molar-refractivity contribution in [3.8, 4) is 0 Å². The van der Waals surface area contributed by atoms with Crippen molar-refractivity contribution in [3.05, 3.63) is 35.7 Å². The number of amides is 1. The highest BCUT2D eigenvalue weighted by molar-refractivity contribution is 5.82. The zero-order chi connectivity index (χ0) is 14.2. The normalized spacial score (nSPS) is 18.9. The molecule has 0 aromatic carbocycles. The third-order valence-electron chi connectivity index (χ3n) is 3.23. The van der Waals surface area contributed by atoms with Crippen LogP contribution in [0.2, 0.25) is 0 Å². The van der Waals surface area contributed by atoms with Gasteiger partial charge in [-0.05, 0) is 31.1 Å². The average molecular weight is 270 g/mol. The topological polar surface area (TPSA) is 33.2 Å². The summed E-state index contributed by atoms with van der Waals surface area (Å²) in [6.45, 7) is 5.19. The van der Waals surface area contributed by atoms with Crippen LogP contribution in [0.3, 0.4) is 0 Å². The minimum absolute atomic E-state index is 0.0572. The van der Waals surface area contributed by atoms with Gasteiger partial charge in [-0.2, -0.15) is 13.2 Å². The first-order valence-corrected chi connectivity index (χ1v) is 5.84. The van der Waals surface area contributed by atoms with Gasteiger partial charge in [-0.15, -0.1) is 0 Å². The highest BCUT2D eigenvalue weighted by atomic mass is 19.4. The lowest BCUT2D eigenvalue weighted by Crippen LogP contribution is -2.46. The van der Waals surface area contributed by atoms with Crippen molar-refractivity contribution in [1.29, 1.82) is 0 Å². The van der Waals surface area contributed by atoms with Crippen LogP contribution in [0.15, 0.2) is 18.7 Å². The van der Waals surface area contributed by atoms with Gasteiger partial charge in [0.2, 0.25) is 0 Å². The Morgan fingerprint density at radius 2 is 2.21 bits per heavy atom. The molecular formula is C13H13F3N2O. The molecule has 1 aliphatic rings. The van der Waals surface area contributed by atoms with Crippen LogP contribution >= 0.6 is 0 Å². The van der Waals surface area contributed by atoms with Crippen molar-refractivity contribution in [2.24, 2.45) is 0 Å². The summed E-state index contributed by atoms with van der Waals surface area (Å²) in [7, 11) is 0. The molecular weight excluding hydrogens is 257 g/mol. The van der Waals surface area contributed by atoms with E-state index in [0.29, 0.717) is 17.8 Å². The van der Waals surface area contributed by atoms with Gasteiger partial charge in [0, 0.05) is 6.54 Å². The number of rotatable bonds is 1. The van der Waals surface area contributed by atoms with E-state index in [0.717, 1.165) is 10.5 Å². The second kappa shape index (κ2) is 4.68. The molecule has 1 amide bonds. The fraction of sp³-hybridized carbons (Fsp3) is 0.385. The van der Waals surface area contributed by atoms with Gasteiger partial charge in [-0.25, -0.2) is 0 Å². The predicted molar refractivity (Wildman–Crippen MR) is 64.2 cm³/mol. The van der Waals surface area contributed by atoms with Crippen LogP contribution in [0.25, 0.3) is 6.08 Å². The van der Waals surface area contributed by atoms with Crippen molar-refractivity contribution < 1.29 is 18.0 Å². The van der Waals surface area contributed by atoms with Crippen molar-refractivity contribution in [1.82, 2.24) is 9.88 Å². The Morgan fingerprint density at radius 3 is 2.79 bits per heavy atom. The molecule has 102 valence electrons. The Kier molecular flexibility index (Phi) is 3.34. The third-order valence-corrected chi connectivity index (χ3v) is 3.23. The fourth-order valence-corrected chi connectivity index (χ4v) is 2.23. The largest absolute Gasteiger partial charge is 0.471 e. The van der Waals surface area contributed by atoms with E-state index in [1.165, 1.54) is 6.08 Å². The van der Waals surface area contributed by atoms with E-state index in [1.807, 2.05) is 6.07 Å². The Balaban J connectivity index is 2.35. The van der Waals surface area contributed by atoms with E-state index in [4.69, 9.17) is 0 Å². The van der Waals surface area contributed by atoms with E-state index >= 15 is 0 Å². The number of hydrogen-bond donors (Lipinski definition) is 0. The predicted octanol–water partition coefficient (Wildman–Crippen LogP) is 2.73. The smallest absolute Gasteiger partial charge is 0.326 e. The van der Waals surface area contributed by atoms with Crippen LogP contribution in [-0.4, -0.2) is 28.5 Å². The molecule has 6 heteroatoms. The molecule has 1 aromatic heterocycles. The van der Waals surface area contributed by atoms with Gasteiger partial charge in [-0.3, -0.25) is 9.78 Å². The molecule has 0 bridgehead atoms. The van der Waals surface area contributed by atoms with Crippen LogP contribution in [0.5, 0.6) is 0 Å². The molecule has 0 saturated carbocycles. The second-order valence-corrected chi connectivity index (χ2v) is 4.41. The number of pyridine rings is 1. The highest BCUT2D eigenvalue weighted by Crippen LogP contribution is 2.31. The summed E-state index contributed by atoms with van der Waals surface area (Å²) >= 11 is 0. The number of fused-ring (bicyclic) bond motifs is 1. The van der Waals surface area contributed by atoms with Gasteiger partial charge in [0.15, 0.2) is 0 Å². The van der Waals surface area contributed by atoms with E-state index in [-0.39, 0.29) is 6.54 Å². The van der Waals surface area contributed by atoms with Gasteiger partial charge in [0.05, 0.1) is 17.4 Å². The van der Waals surface area contributed by atoms with E-state index < -0.39 is 18.1 Å². The summed E-state index contributed by atoms with van der Waals surface area (Å²) in [5.74, 6) is -1.81. The minimum Gasteiger partial charge on any atom is -0.326 e. The van der Waals surface area contributed by atoms with E-state index in [1.54, 1.807) is 13.0 Å². The molecule has 0 saturated heterocycles. The third kappa shape index (κ3) is 2.47. The molecule has 0 aliphatic carbocycles. The SMILES string of the molecule is C=Cc1ccc2c(n1)C(C)N(C(=O)C(F)(F)F)CC2. The van der Waals surface area contributed by atoms with E-state index in [9.17, 15) is 18.0 Å². The van der Waals surface area contributed by atoms with Crippen LogP contribution in [0, 0.1) is 0 Å². The quantitative estimate of drug-likeness (QED) is 0.786. The molecule has 0 fully saturated rings. The fourth-order valence-electron chi connectivity index (χ4n) is 2.23. The lowest BCUT2D eigenvalue weighted by molar-refractivity contribution is -0.188. The summed E-state index contributed by atoms with van der Waals surface area (Å²) in [5, 5.41) is 0. The molecule has 2 rings (SSSR count). The van der Waals surface area contributed by atoms with Crippen LogP contribution in [-0.2, 0) is 11.2 Å². The molecule has 0 N–H and O–H groups in total. The Bertz CT molecular complexity index is 525. The molecule has 19 heavy (non-hydrogen) atoms. The summed E-state index contributed by atoms with van der Waals surface area (Å²) in [4.78, 5) is 16.4. The molecule has 0 spiro atoms. The summed E-state index contributed by atoms with van der Waals surface area (Å²) in [6.07, 6.45) is -2.94. The number of carbonyl (C=O) groups is 1. The summed E-state index contributed by atoms with van der Waals surface area (Å²) in [6, 6.07) is 2.91. The lowest BCUT2D eigenvalue weighted by atomic mass is 9.98. The number of hydrogen-bond acceptors (Lipinski definition) is 2. The standard InChI is InChI=1S/C13H13F3N2O/c1-3-10-5-4-9-6-7-18(8(2)11(9)17-10)12(19)13(14,15)16/h3-5,8H,1,6-7H2,2H3. The zero-order valence-electron chi connectivity index (χ0n) is 10.4. The van der Waals surface area contributed by atoms with Crippen LogP contribution in [0.4, 0.5) is 13.2 Å². The first-order chi connectivity index (χ1) is 8.84. The Morgan fingerprint density at radius 1 is 1.53 bits per heavy atom. The van der Waals surface area contributed by atoms with Crippen LogP contribution in [0.1, 0.15) is 29.9 Å². The number of nitrogens with zero attached hydrogens (tertiary/aromatic N) is 2. The molecule has 2 heterocycles. The van der Waals surface area contributed by atoms with Gasteiger partial charge in [0.1, 0.15) is 0 Å². The molecule has 3 nitrogen and oxygen atoms in total.